The van der Waals surface area contributed by atoms with Crippen molar-refractivity contribution in [3.05, 3.63) is 40.1 Å². The van der Waals surface area contributed by atoms with Gasteiger partial charge in [-0.3, -0.25) is 10.1 Å². The topological polar surface area (TPSA) is 146 Å². The summed E-state index contributed by atoms with van der Waals surface area (Å²) in [5.41, 5.74) is 7.10. The molecule has 0 spiro atoms. The van der Waals surface area contributed by atoms with E-state index in [1.165, 1.54) is 24.3 Å². The lowest BCUT2D eigenvalue weighted by Gasteiger charge is -2.41. The molecule has 2 rings (SSSR count). The number of non-ortho nitro benzene ring substituents is 1. The Bertz CT molecular complexity index is 493. The maximum atomic E-state index is 10.5. The van der Waals surface area contributed by atoms with Gasteiger partial charge in [0.15, 0.2) is 0 Å². The summed E-state index contributed by atoms with van der Waals surface area (Å²) in [7, 11) is 0. The van der Waals surface area contributed by atoms with Crippen molar-refractivity contribution in [2.45, 2.75) is 30.7 Å². The molecule has 0 aromatic heterocycles. The van der Waals surface area contributed by atoms with Gasteiger partial charge >= 0.3 is 0 Å². The van der Waals surface area contributed by atoms with E-state index in [4.69, 9.17) is 15.2 Å². The summed E-state index contributed by atoms with van der Waals surface area (Å²) in [5, 5.41) is 39.6. The minimum atomic E-state index is -1.50. The Labute approximate surface area is 119 Å². The maximum absolute atomic E-state index is 10.5. The molecule has 1 aromatic carbocycles. The maximum Gasteiger partial charge on any atom is 0.269 e. The molecule has 5 atom stereocenters. The van der Waals surface area contributed by atoms with E-state index in [1.807, 2.05) is 0 Å². The highest BCUT2D eigenvalue weighted by Gasteiger charge is 2.43. The van der Waals surface area contributed by atoms with Gasteiger partial charge in [0.05, 0.1) is 11.0 Å². The molecule has 0 amide bonds. The second kappa shape index (κ2) is 6.33. The quantitative estimate of drug-likeness (QED) is 0.516. The average molecular weight is 299 g/mol. The van der Waals surface area contributed by atoms with Crippen LogP contribution in [0, 0.1) is 10.1 Å². The third-order valence-corrected chi connectivity index (χ3v) is 3.17. The summed E-state index contributed by atoms with van der Waals surface area (Å²) in [5.74, 6) is 0.192. The van der Waals surface area contributed by atoms with Gasteiger partial charge in [0, 0.05) is 12.1 Å². The second-order valence-electron chi connectivity index (χ2n) is 4.59. The van der Waals surface area contributed by atoms with E-state index in [0.717, 1.165) is 0 Å². The largest absolute Gasteiger partial charge is 0.675 e. The van der Waals surface area contributed by atoms with E-state index in [0.29, 0.717) is 0 Å². The molecule has 0 bridgehead atoms. The first-order chi connectivity index (χ1) is 9.93. The number of nitrogens with zero attached hydrogens (tertiary/aromatic N) is 1. The van der Waals surface area contributed by atoms with Gasteiger partial charge in [0.1, 0.15) is 24.1 Å². The predicted molar refractivity (Wildman–Crippen MR) is 69.6 cm³/mol. The van der Waals surface area contributed by atoms with Crippen LogP contribution < -0.4 is 4.74 Å². The molecular formula is C12H15N2O7-. The number of aliphatic hydroxyl groups is 3. The van der Waals surface area contributed by atoms with Crippen LogP contribution in [-0.2, 0) is 4.74 Å². The summed E-state index contributed by atoms with van der Waals surface area (Å²) in [6.07, 6.45) is -6.66. The van der Waals surface area contributed by atoms with Crippen molar-refractivity contribution in [2.75, 3.05) is 6.54 Å². The van der Waals surface area contributed by atoms with E-state index >= 15 is 0 Å². The van der Waals surface area contributed by atoms with Crippen LogP contribution >= 0.6 is 0 Å². The van der Waals surface area contributed by atoms with E-state index in [9.17, 15) is 25.4 Å². The summed E-state index contributed by atoms with van der Waals surface area (Å²) < 4.78 is 10.5. The second-order valence-corrected chi connectivity index (χ2v) is 4.59. The number of aliphatic hydroxyl groups excluding tert-OH is 3. The molecule has 0 saturated carbocycles. The minimum Gasteiger partial charge on any atom is -0.675 e. The zero-order chi connectivity index (χ0) is 15.6. The van der Waals surface area contributed by atoms with Crippen LogP contribution in [-0.4, -0.2) is 57.5 Å². The van der Waals surface area contributed by atoms with Crippen LogP contribution in [0.3, 0.4) is 0 Å². The van der Waals surface area contributed by atoms with Gasteiger partial charge in [0.25, 0.3) is 5.69 Å². The Hall–Kier alpha value is -1.78. The van der Waals surface area contributed by atoms with Crippen molar-refractivity contribution in [3.8, 4) is 5.75 Å². The lowest BCUT2D eigenvalue weighted by Crippen LogP contribution is -2.59. The third-order valence-electron chi connectivity index (χ3n) is 3.17. The van der Waals surface area contributed by atoms with Gasteiger partial charge in [-0.2, -0.15) is 0 Å². The van der Waals surface area contributed by atoms with E-state index in [2.05, 4.69) is 0 Å². The molecule has 0 radical (unpaired) electrons. The predicted octanol–water partition coefficient (Wildman–Crippen LogP) is -0.167. The van der Waals surface area contributed by atoms with Gasteiger partial charge < -0.3 is 30.5 Å². The summed E-state index contributed by atoms with van der Waals surface area (Å²) >= 11 is 0. The molecule has 21 heavy (non-hydrogen) atoms. The number of benzene rings is 1. The molecule has 1 aliphatic heterocycles. The number of ether oxygens (including phenoxy) is 2. The van der Waals surface area contributed by atoms with Crippen molar-refractivity contribution < 1.29 is 29.7 Å². The normalized spacial score (nSPS) is 32.7. The molecule has 5 unspecified atom stereocenters. The first-order valence-corrected chi connectivity index (χ1v) is 6.19. The molecule has 4 N–H and O–H groups in total. The summed E-state index contributed by atoms with van der Waals surface area (Å²) in [6.45, 7) is -0.314. The number of hydrogen-bond donors (Lipinski definition) is 3. The number of nitro benzene ring substituents is 1. The molecular weight excluding hydrogens is 284 g/mol. The molecule has 9 heteroatoms. The van der Waals surface area contributed by atoms with Gasteiger partial charge in [0.2, 0.25) is 6.29 Å². The molecule has 1 saturated heterocycles. The Morgan fingerprint density at radius 3 is 2.33 bits per heavy atom. The van der Waals surface area contributed by atoms with Gasteiger partial charge in [-0.05, 0) is 12.1 Å². The summed E-state index contributed by atoms with van der Waals surface area (Å²) in [6, 6.07) is 5.08. The van der Waals surface area contributed by atoms with Crippen LogP contribution in [0.15, 0.2) is 24.3 Å². The monoisotopic (exact) mass is 299 g/mol. The fourth-order valence-corrected chi connectivity index (χ4v) is 1.96. The lowest BCUT2D eigenvalue weighted by atomic mass is 9.99. The Morgan fingerprint density at radius 1 is 1.19 bits per heavy atom. The zero-order valence-corrected chi connectivity index (χ0v) is 10.8. The molecule has 1 heterocycles. The van der Waals surface area contributed by atoms with Gasteiger partial charge in [-0.15, -0.1) is 6.54 Å². The molecule has 1 aliphatic rings. The minimum absolute atomic E-state index is 0.119. The average Bonchev–Trinajstić information content (AvgIpc) is 2.48. The third kappa shape index (κ3) is 3.28. The fraction of sp³-hybridized carbons (Fsp3) is 0.500. The Morgan fingerprint density at radius 2 is 1.81 bits per heavy atom. The van der Waals surface area contributed by atoms with Crippen molar-refractivity contribution in [1.82, 2.24) is 0 Å². The van der Waals surface area contributed by atoms with Crippen molar-refractivity contribution in [2.24, 2.45) is 0 Å². The van der Waals surface area contributed by atoms with E-state index in [1.54, 1.807) is 0 Å². The van der Waals surface area contributed by atoms with Crippen molar-refractivity contribution in [1.29, 1.82) is 0 Å². The van der Waals surface area contributed by atoms with E-state index in [-0.39, 0.29) is 18.0 Å². The number of rotatable bonds is 4. The highest BCUT2D eigenvalue weighted by Crippen LogP contribution is 2.25. The Balaban J connectivity index is 2.08. The fourth-order valence-electron chi connectivity index (χ4n) is 1.96. The van der Waals surface area contributed by atoms with Crippen LogP contribution in [0.4, 0.5) is 5.69 Å². The van der Waals surface area contributed by atoms with Crippen molar-refractivity contribution >= 4 is 5.69 Å². The number of hydrogen-bond acceptors (Lipinski definition) is 7. The van der Waals surface area contributed by atoms with Gasteiger partial charge in [-0.25, -0.2) is 0 Å². The Kier molecular flexibility index (Phi) is 4.70. The van der Waals surface area contributed by atoms with Crippen LogP contribution in [0.2, 0.25) is 0 Å². The smallest absolute Gasteiger partial charge is 0.269 e. The van der Waals surface area contributed by atoms with Crippen LogP contribution in [0.1, 0.15) is 0 Å². The molecule has 9 nitrogen and oxygen atoms in total. The number of nitro groups is 1. The SMILES string of the molecule is [NH-]CC1OC(Oc2ccc([N+](=O)[O-])cc2)C(O)C(O)C1O. The first-order valence-electron chi connectivity index (χ1n) is 6.19. The van der Waals surface area contributed by atoms with Gasteiger partial charge in [-0.1, -0.05) is 0 Å². The molecule has 1 aromatic rings. The zero-order valence-electron chi connectivity index (χ0n) is 10.8. The molecule has 116 valence electrons. The number of nitrogens with one attached hydrogen (secondary N) is 1. The highest BCUT2D eigenvalue weighted by atomic mass is 16.7. The standard InChI is InChI=1S/C12H15N2O7/c13-5-8-9(15)10(16)11(17)12(21-8)20-7-3-1-6(2-4-7)14(18)19/h1-4,8-13,15-17H,5H2/q-1. The highest BCUT2D eigenvalue weighted by molar-refractivity contribution is 5.36. The van der Waals surface area contributed by atoms with Crippen LogP contribution in [0.25, 0.3) is 5.73 Å². The molecule has 0 aliphatic carbocycles. The van der Waals surface area contributed by atoms with Crippen LogP contribution in [0.5, 0.6) is 5.75 Å². The molecule has 1 fully saturated rings. The lowest BCUT2D eigenvalue weighted by molar-refractivity contribution is -0.384. The summed E-state index contributed by atoms with van der Waals surface area (Å²) in [4.78, 5) is 9.97. The van der Waals surface area contributed by atoms with Crippen molar-refractivity contribution in [3.63, 3.8) is 0 Å². The van der Waals surface area contributed by atoms with E-state index < -0.39 is 35.6 Å². The first kappa shape index (κ1) is 15.6.